The van der Waals surface area contributed by atoms with Gasteiger partial charge in [0.05, 0.1) is 0 Å². The second-order valence-electron chi connectivity index (χ2n) is 8.23. The number of nitrogens with zero attached hydrogens (tertiary/aromatic N) is 2. The summed E-state index contributed by atoms with van der Waals surface area (Å²) in [7, 11) is 0. The van der Waals surface area contributed by atoms with Gasteiger partial charge in [-0.15, -0.1) is 0 Å². The van der Waals surface area contributed by atoms with Crippen LogP contribution in [0.4, 0.5) is 5.69 Å². The van der Waals surface area contributed by atoms with Gasteiger partial charge in [0.15, 0.2) is 0 Å². The minimum Gasteiger partial charge on any atom is -0.489 e. The molecule has 4 rings (SSSR count). The number of benzene rings is 2. The van der Waals surface area contributed by atoms with E-state index in [2.05, 4.69) is 36.2 Å². The van der Waals surface area contributed by atoms with Crippen LogP contribution in [0.3, 0.4) is 0 Å². The van der Waals surface area contributed by atoms with Gasteiger partial charge in [0.25, 0.3) is 5.91 Å². The summed E-state index contributed by atoms with van der Waals surface area (Å²) in [6.07, 6.45) is 1.60. The van der Waals surface area contributed by atoms with Crippen molar-refractivity contribution < 1.29 is 14.3 Å². The van der Waals surface area contributed by atoms with Crippen molar-refractivity contribution in [1.29, 1.82) is 0 Å². The van der Waals surface area contributed by atoms with E-state index in [9.17, 15) is 9.59 Å². The number of rotatable bonds is 5. The number of carbonyl (C=O) groups excluding carboxylic acids is 2. The van der Waals surface area contributed by atoms with Gasteiger partial charge in [-0.1, -0.05) is 17.7 Å². The first kappa shape index (κ1) is 20.4. The lowest BCUT2D eigenvalue weighted by molar-refractivity contribution is -0.117. The summed E-state index contributed by atoms with van der Waals surface area (Å²) in [4.78, 5) is 28.5. The Hall–Kier alpha value is -2.86. The lowest BCUT2D eigenvalue weighted by Gasteiger charge is -2.22. The zero-order chi connectivity index (χ0) is 21.1. The molecule has 1 saturated heterocycles. The van der Waals surface area contributed by atoms with Gasteiger partial charge in [0.1, 0.15) is 11.9 Å². The van der Waals surface area contributed by atoms with Crippen molar-refractivity contribution >= 4 is 17.5 Å². The molecule has 2 aliphatic rings. The van der Waals surface area contributed by atoms with E-state index >= 15 is 0 Å². The molecule has 1 fully saturated rings. The average molecular weight is 408 g/mol. The van der Waals surface area contributed by atoms with Gasteiger partial charge in [-0.25, -0.2) is 0 Å². The second-order valence-corrected chi connectivity index (χ2v) is 8.23. The van der Waals surface area contributed by atoms with Crippen molar-refractivity contribution in [2.75, 3.05) is 31.1 Å². The third-order valence-electron chi connectivity index (χ3n) is 5.68. The van der Waals surface area contributed by atoms with Crippen LogP contribution in [0.1, 0.15) is 41.3 Å². The minimum absolute atomic E-state index is 0.0929. The predicted octanol–water partition coefficient (Wildman–Crippen LogP) is 3.13. The molecular weight excluding hydrogens is 378 g/mol. The molecule has 6 heteroatoms. The summed E-state index contributed by atoms with van der Waals surface area (Å²) >= 11 is 0. The molecule has 0 spiro atoms. The van der Waals surface area contributed by atoms with Gasteiger partial charge in [-0.05, 0) is 50.6 Å². The fraction of sp³-hybridized carbons (Fsp3) is 0.417. The zero-order valence-electron chi connectivity index (χ0n) is 17.7. The third-order valence-corrected chi connectivity index (χ3v) is 5.68. The average Bonchev–Trinajstić information content (AvgIpc) is 3.08. The Morgan fingerprint density at radius 1 is 1.20 bits per heavy atom. The normalized spacial score (nSPS) is 19.2. The van der Waals surface area contributed by atoms with E-state index in [1.165, 1.54) is 11.1 Å². The molecule has 2 aromatic rings. The van der Waals surface area contributed by atoms with Crippen molar-refractivity contribution in [2.45, 2.75) is 39.3 Å². The number of aryl methyl sites for hydroxylation is 1. The lowest BCUT2D eigenvalue weighted by atomic mass is 10.1. The van der Waals surface area contributed by atoms with Crippen LogP contribution in [0.15, 0.2) is 42.5 Å². The fourth-order valence-electron chi connectivity index (χ4n) is 4.18. The molecule has 0 radical (unpaired) electrons. The van der Waals surface area contributed by atoms with Crippen molar-refractivity contribution in [3.8, 4) is 5.75 Å². The van der Waals surface area contributed by atoms with Gasteiger partial charge in [0.2, 0.25) is 5.91 Å². The minimum atomic E-state index is -0.0929. The zero-order valence-corrected chi connectivity index (χ0v) is 17.7. The fourth-order valence-corrected chi connectivity index (χ4v) is 4.18. The molecule has 158 valence electrons. The van der Waals surface area contributed by atoms with Gasteiger partial charge in [-0.3, -0.25) is 14.5 Å². The van der Waals surface area contributed by atoms with Crippen LogP contribution < -0.4 is 15.0 Å². The van der Waals surface area contributed by atoms with Crippen LogP contribution in [-0.4, -0.2) is 49.0 Å². The number of nitrogens with one attached hydrogen (secondary N) is 1. The van der Waals surface area contributed by atoms with Crippen molar-refractivity contribution in [3.05, 3.63) is 59.2 Å². The molecule has 2 amide bonds. The Balaban J connectivity index is 1.31. The first-order chi connectivity index (χ1) is 14.5. The van der Waals surface area contributed by atoms with E-state index in [1.807, 2.05) is 18.2 Å². The Morgan fingerprint density at radius 3 is 2.73 bits per heavy atom. The highest BCUT2D eigenvalue weighted by Gasteiger charge is 2.22. The molecule has 0 bridgehead atoms. The quantitative estimate of drug-likeness (QED) is 0.827. The standard InChI is InChI=1S/C24H29N3O3/c1-17-5-10-22-20(14-17)16-26(15-18(2)30-22)13-11-25-24(29)19-6-8-21(9-7-19)27-12-3-4-23(27)28/h5-10,14,18H,3-4,11-13,15-16H2,1-2H3,(H,25,29)/t18-/m1/s1. The third kappa shape index (κ3) is 4.65. The highest BCUT2D eigenvalue weighted by atomic mass is 16.5. The Labute approximate surface area is 177 Å². The maximum atomic E-state index is 12.5. The molecule has 0 aliphatic carbocycles. The van der Waals surface area contributed by atoms with E-state index in [4.69, 9.17) is 4.74 Å². The largest absolute Gasteiger partial charge is 0.489 e. The number of amides is 2. The Kier molecular flexibility index (Phi) is 6.04. The van der Waals surface area contributed by atoms with E-state index in [0.717, 1.165) is 44.0 Å². The molecule has 2 heterocycles. The SMILES string of the molecule is Cc1ccc2c(c1)CN(CCNC(=O)c1ccc(N3CCCC3=O)cc1)C[C@@H](C)O2. The molecule has 1 atom stereocenters. The maximum absolute atomic E-state index is 12.5. The Bertz CT molecular complexity index is 926. The molecule has 0 aromatic heterocycles. The van der Waals surface area contributed by atoms with Crippen molar-refractivity contribution in [2.24, 2.45) is 0 Å². The van der Waals surface area contributed by atoms with Crippen LogP contribution in [0.25, 0.3) is 0 Å². The summed E-state index contributed by atoms with van der Waals surface area (Å²) in [5, 5.41) is 3.01. The number of hydrogen-bond donors (Lipinski definition) is 1. The van der Waals surface area contributed by atoms with Crippen LogP contribution in [0, 0.1) is 6.92 Å². The summed E-state index contributed by atoms with van der Waals surface area (Å²) in [6.45, 7) is 7.88. The van der Waals surface area contributed by atoms with Crippen LogP contribution in [0.2, 0.25) is 0 Å². The van der Waals surface area contributed by atoms with E-state index < -0.39 is 0 Å². The highest BCUT2D eigenvalue weighted by molar-refractivity contribution is 5.97. The monoisotopic (exact) mass is 407 g/mol. The highest BCUT2D eigenvalue weighted by Crippen LogP contribution is 2.26. The van der Waals surface area contributed by atoms with E-state index in [-0.39, 0.29) is 17.9 Å². The Morgan fingerprint density at radius 2 is 2.00 bits per heavy atom. The lowest BCUT2D eigenvalue weighted by Crippen LogP contribution is -2.37. The molecule has 6 nitrogen and oxygen atoms in total. The van der Waals surface area contributed by atoms with Crippen LogP contribution >= 0.6 is 0 Å². The molecule has 2 aromatic carbocycles. The number of anilines is 1. The van der Waals surface area contributed by atoms with Crippen LogP contribution in [-0.2, 0) is 11.3 Å². The first-order valence-corrected chi connectivity index (χ1v) is 10.7. The van der Waals surface area contributed by atoms with Gasteiger partial charge >= 0.3 is 0 Å². The summed E-state index contributed by atoms with van der Waals surface area (Å²) in [6, 6.07) is 13.6. The predicted molar refractivity (Wildman–Crippen MR) is 117 cm³/mol. The number of hydrogen-bond acceptors (Lipinski definition) is 4. The first-order valence-electron chi connectivity index (χ1n) is 10.7. The van der Waals surface area contributed by atoms with Crippen LogP contribution in [0.5, 0.6) is 5.75 Å². The topological polar surface area (TPSA) is 61.9 Å². The van der Waals surface area contributed by atoms with Crippen molar-refractivity contribution in [1.82, 2.24) is 10.2 Å². The molecule has 1 N–H and O–H groups in total. The van der Waals surface area contributed by atoms with Gasteiger partial charge in [0, 0.05) is 56.0 Å². The maximum Gasteiger partial charge on any atom is 0.251 e. The second kappa shape index (κ2) is 8.88. The van der Waals surface area contributed by atoms with Gasteiger partial charge in [-0.2, -0.15) is 0 Å². The smallest absolute Gasteiger partial charge is 0.251 e. The molecule has 30 heavy (non-hydrogen) atoms. The van der Waals surface area contributed by atoms with Crippen molar-refractivity contribution in [3.63, 3.8) is 0 Å². The van der Waals surface area contributed by atoms with Gasteiger partial charge < -0.3 is 15.0 Å². The molecule has 0 unspecified atom stereocenters. The summed E-state index contributed by atoms with van der Waals surface area (Å²) in [5.41, 5.74) is 3.89. The number of ether oxygens (including phenoxy) is 1. The molecular formula is C24H29N3O3. The van der Waals surface area contributed by atoms with E-state index in [1.54, 1.807) is 17.0 Å². The number of carbonyl (C=O) groups is 2. The molecule has 0 saturated carbocycles. The van der Waals surface area contributed by atoms with E-state index in [0.29, 0.717) is 18.5 Å². The number of fused-ring (bicyclic) bond motifs is 1. The summed E-state index contributed by atoms with van der Waals surface area (Å²) in [5.74, 6) is 1.01. The molecule has 2 aliphatic heterocycles. The summed E-state index contributed by atoms with van der Waals surface area (Å²) < 4.78 is 6.04.